The van der Waals surface area contributed by atoms with E-state index in [1.54, 1.807) is 0 Å². The fraction of sp³-hybridized carbons (Fsp3) is 0.800. The number of hydrogen-bond acceptors (Lipinski definition) is 22. The SMILES string of the molecule is CCNCCCCC(NC(C)=O)C(=O)NC(C)C(=O)NC(CCCCNCC)C(=O)N1CCCC1C(=O)NCC(=O)NC(CCCCNCC)C(=O)NC(C)C(=O)NC(CCCCNCC)C(=O)N1CCCC1C(=O)NCC(=O)NC(CCCCNCC)C(=O)NC(C)C(=O)NC(CCCCNCC)C(=O)N1CCCC1C(=O)NCC(N)=O. The largest absolute Gasteiger partial charge is 0.368 e. The Balaban J connectivity index is 1.75. The highest BCUT2D eigenvalue weighted by Crippen LogP contribution is 2.24. The van der Waals surface area contributed by atoms with Crippen molar-refractivity contribution < 1.29 is 76.7 Å². The van der Waals surface area contributed by atoms with E-state index in [9.17, 15) is 76.7 Å². The number of nitrogens with one attached hydrogen (secondary N) is 18. The molecule has 672 valence electrons. The summed E-state index contributed by atoms with van der Waals surface area (Å²) in [5, 5.41) is 51.7. The van der Waals surface area contributed by atoms with Gasteiger partial charge in [-0.05, 0) is 253 Å². The van der Waals surface area contributed by atoms with E-state index in [1.165, 1.54) is 42.4 Å². The molecule has 0 bridgehead atoms. The predicted octanol–water partition coefficient (Wildman–Crippen LogP) is -3.09. The van der Waals surface area contributed by atoms with E-state index in [0.717, 1.165) is 32.6 Å². The van der Waals surface area contributed by atoms with Gasteiger partial charge in [0, 0.05) is 26.6 Å². The summed E-state index contributed by atoms with van der Waals surface area (Å²) in [7, 11) is 0. The average Bonchev–Trinajstić information content (AvgIpc) is 1.67. The van der Waals surface area contributed by atoms with Crippen molar-refractivity contribution in [3.63, 3.8) is 0 Å². The van der Waals surface area contributed by atoms with Gasteiger partial charge in [-0.1, -0.05) is 41.5 Å². The Morgan fingerprint density at radius 3 is 0.780 bits per heavy atom. The summed E-state index contributed by atoms with van der Waals surface area (Å²) in [6.45, 7) is 24.6. The van der Waals surface area contributed by atoms with Crippen molar-refractivity contribution in [2.45, 2.75) is 296 Å². The Morgan fingerprint density at radius 2 is 0.542 bits per heavy atom. The van der Waals surface area contributed by atoms with Gasteiger partial charge in [-0.2, -0.15) is 0 Å². The van der Waals surface area contributed by atoms with Gasteiger partial charge < -0.3 is 116 Å². The van der Waals surface area contributed by atoms with Crippen LogP contribution in [0.1, 0.15) is 223 Å². The minimum absolute atomic E-state index is 0.131. The highest BCUT2D eigenvalue weighted by atomic mass is 16.2. The lowest BCUT2D eigenvalue weighted by atomic mass is 10.1. The van der Waals surface area contributed by atoms with Crippen LogP contribution in [0.3, 0.4) is 0 Å². The zero-order valence-electron chi connectivity index (χ0n) is 72.1. The maximum atomic E-state index is 14.8. The second kappa shape index (κ2) is 59.9. The summed E-state index contributed by atoms with van der Waals surface area (Å²) in [5.74, 6) is -10.1. The molecule has 3 aliphatic rings. The van der Waals surface area contributed by atoms with Crippen molar-refractivity contribution in [2.75, 3.05) is 118 Å². The Morgan fingerprint density at radius 1 is 0.305 bits per heavy atom. The van der Waals surface area contributed by atoms with Gasteiger partial charge in [0.1, 0.15) is 72.5 Å². The van der Waals surface area contributed by atoms with Crippen LogP contribution in [0, 0.1) is 0 Å². The Kier molecular flexibility index (Phi) is 52.5. The highest BCUT2D eigenvalue weighted by molar-refractivity contribution is 6.00. The molecule has 3 rings (SSSR count). The number of unbranched alkanes of at least 4 members (excludes halogenated alkanes) is 6. The van der Waals surface area contributed by atoms with Gasteiger partial charge in [0.15, 0.2) is 0 Å². The summed E-state index contributed by atoms with van der Waals surface area (Å²) < 4.78 is 0. The molecule has 0 spiro atoms. The molecular formula is C80H146N22O16. The highest BCUT2D eigenvalue weighted by Gasteiger charge is 2.42. The van der Waals surface area contributed by atoms with Gasteiger partial charge in [0.05, 0.1) is 19.6 Å². The van der Waals surface area contributed by atoms with E-state index in [2.05, 4.69) is 95.7 Å². The molecule has 16 amide bonds. The molecule has 12 atom stereocenters. The molecule has 0 aromatic carbocycles. The topological polar surface area (TPSA) is 525 Å². The molecule has 38 nitrogen and oxygen atoms in total. The molecular weight excluding hydrogens is 1530 g/mol. The van der Waals surface area contributed by atoms with Crippen LogP contribution < -0.4 is 101 Å². The average molecular weight is 1670 g/mol. The monoisotopic (exact) mass is 1670 g/mol. The number of likely N-dealkylation sites (tertiary alicyclic amines) is 3. The Bertz CT molecular complexity index is 3160. The predicted molar refractivity (Wildman–Crippen MR) is 447 cm³/mol. The fourth-order valence-corrected chi connectivity index (χ4v) is 14.4. The van der Waals surface area contributed by atoms with Gasteiger partial charge in [0.2, 0.25) is 94.5 Å². The first-order valence-corrected chi connectivity index (χ1v) is 43.5. The molecule has 3 fully saturated rings. The first-order valence-electron chi connectivity index (χ1n) is 43.5. The number of carbonyl (C=O) groups excluding carboxylic acids is 16. The lowest BCUT2D eigenvalue weighted by Crippen LogP contribution is -2.58. The molecule has 0 radical (unpaired) electrons. The quantitative estimate of drug-likeness (QED) is 0.0268. The normalized spacial score (nSPS) is 17.4. The van der Waals surface area contributed by atoms with Crippen LogP contribution in [0.25, 0.3) is 0 Å². The maximum absolute atomic E-state index is 14.8. The summed E-state index contributed by atoms with van der Waals surface area (Å²) in [5.41, 5.74) is 5.25. The molecule has 0 aromatic rings. The smallest absolute Gasteiger partial charge is 0.245 e. The fourth-order valence-electron chi connectivity index (χ4n) is 14.4. The molecule has 3 saturated heterocycles. The van der Waals surface area contributed by atoms with Crippen LogP contribution >= 0.6 is 0 Å². The Hall–Kier alpha value is -8.72. The summed E-state index contributed by atoms with van der Waals surface area (Å²) in [4.78, 5) is 224. The molecule has 3 heterocycles. The van der Waals surface area contributed by atoms with Gasteiger partial charge in [-0.15, -0.1) is 0 Å². The molecule has 3 aliphatic heterocycles. The van der Waals surface area contributed by atoms with Crippen LogP contribution in [0.2, 0.25) is 0 Å². The summed E-state index contributed by atoms with van der Waals surface area (Å²) in [6.07, 6.45) is 10.4. The van der Waals surface area contributed by atoms with Crippen LogP contribution in [-0.4, -0.2) is 300 Å². The van der Waals surface area contributed by atoms with Gasteiger partial charge in [0.25, 0.3) is 0 Å². The Labute approximate surface area is 698 Å². The minimum atomic E-state index is -1.27. The number of carbonyl (C=O) groups is 16. The van der Waals surface area contributed by atoms with Gasteiger partial charge in [-0.25, -0.2) is 0 Å². The molecule has 0 saturated carbocycles. The first-order chi connectivity index (χ1) is 56.6. The molecule has 118 heavy (non-hydrogen) atoms. The summed E-state index contributed by atoms with van der Waals surface area (Å²) >= 11 is 0. The van der Waals surface area contributed by atoms with Crippen molar-refractivity contribution >= 4 is 94.5 Å². The number of nitrogens with two attached hydrogens (primary N) is 1. The van der Waals surface area contributed by atoms with Crippen molar-refractivity contribution in [1.82, 2.24) is 110 Å². The van der Waals surface area contributed by atoms with Crippen molar-refractivity contribution in [3.8, 4) is 0 Å². The van der Waals surface area contributed by atoms with Crippen LogP contribution in [0.4, 0.5) is 0 Å². The van der Waals surface area contributed by atoms with E-state index in [0.29, 0.717) is 155 Å². The number of hydrogen-bond donors (Lipinski definition) is 19. The van der Waals surface area contributed by atoms with Crippen LogP contribution in [0.15, 0.2) is 0 Å². The van der Waals surface area contributed by atoms with E-state index >= 15 is 0 Å². The van der Waals surface area contributed by atoms with Crippen molar-refractivity contribution in [1.29, 1.82) is 0 Å². The number of rotatable bonds is 63. The van der Waals surface area contributed by atoms with Crippen molar-refractivity contribution in [2.24, 2.45) is 5.73 Å². The number of nitrogens with zero attached hydrogens (tertiary/aromatic N) is 3. The first kappa shape index (κ1) is 103. The van der Waals surface area contributed by atoms with Gasteiger partial charge >= 0.3 is 0 Å². The number of primary amides is 1. The molecule has 0 aromatic heterocycles. The lowest BCUT2D eigenvalue weighted by molar-refractivity contribution is -0.142. The van der Waals surface area contributed by atoms with E-state index in [-0.39, 0.29) is 64.6 Å². The van der Waals surface area contributed by atoms with Gasteiger partial charge in [-0.3, -0.25) is 76.7 Å². The number of amides is 16. The van der Waals surface area contributed by atoms with Crippen molar-refractivity contribution in [3.05, 3.63) is 0 Å². The standard InChI is InChI=1S/C80H146N22O16/c1-11-82-41-23-17-32-57(94-56(10)103)72(110)91-53(7)69(107)97-61(36-21-27-45-86-15-5)79(117)101-48-30-39-64(101)76(114)89-51-67(105)96-59(34-19-25-43-84-13-3)74(112)93-55(9)71(109)99-62(37-22-28-46-87-16-6)80(118)102-49-31-40-65(102)77(115)90-52-68(106)95-58(33-18-24-42-83-12-2)73(111)92-54(8)70(108)98-60(35-20-26-44-85-14-4)78(116)100-47-29-38-63(100)75(113)88-50-66(81)104/h53-55,57-65,82-87H,11-52H2,1-10H3,(H2,81,104)(H,88,113)(H,89,114)(H,90,115)(H,91,110)(H,92,111)(H,93,112)(H,94,103)(H,95,106)(H,96,105)(H,97,107)(H,98,108)(H,99,109). The minimum Gasteiger partial charge on any atom is -0.368 e. The van der Waals surface area contributed by atoms with Crippen LogP contribution in [-0.2, 0) is 76.7 Å². The van der Waals surface area contributed by atoms with E-state index < -0.39 is 187 Å². The van der Waals surface area contributed by atoms with E-state index in [1.807, 2.05) is 41.5 Å². The third-order valence-corrected chi connectivity index (χ3v) is 21.0. The lowest BCUT2D eigenvalue weighted by Gasteiger charge is -2.30. The van der Waals surface area contributed by atoms with E-state index in [4.69, 9.17) is 5.73 Å². The third-order valence-electron chi connectivity index (χ3n) is 21.0. The molecule has 0 aliphatic carbocycles. The van der Waals surface area contributed by atoms with Crippen LogP contribution in [0.5, 0.6) is 0 Å². The third kappa shape index (κ3) is 39.9. The second-order valence-electron chi connectivity index (χ2n) is 30.7. The molecule has 20 N–H and O–H groups in total. The molecule has 12 unspecified atom stereocenters. The molecule has 38 heteroatoms. The summed E-state index contributed by atoms with van der Waals surface area (Å²) in [6, 6.07) is -13.1. The zero-order valence-corrected chi connectivity index (χ0v) is 72.1. The zero-order chi connectivity index (χ0) is 87.3. The second-order valence-corrected chi connectivity index (χ2v) is 30.7. The maximum Gasteiger partial charge on any atom is 0.245 e.